The average molecular weight is 438 g/mol. The molecule has 1 fully saturated rings. The van der Waals surface area contributed by atoms with Crippen LogP contribution in [0.15, 0.2) is 51.9 Å². The number of likely N-dealkylation sites (tertiary alicyclic amines) is 1. The second-order valence-electron chi connectivity index (χ2n) is 7.21. The largest absolute Gasteiger partial charge is 0.356 e. The summed E-state index contributed by atoms with van der Waals surface area (Å²) in [7, 11) is -3.74. The molecule has 0 aliphatic carbocycles. The standard InChI is InChI=1S/C20H21ClFN3O3S/c21-17-12-15(7-8-18(17)22)29(26,27)24-14-9-11-25(13-14)10-3-5-19-16-4-1-2-6-20(16)28-23-19/h1-2,4,6-8,12,14,24H,3,5,9-11,13H2/t14-/m0/s1. The Kier molecular flexibility index (Phi) is 5.87. The van der Waals surface area contributed by atoms with Crippen LogP contribution in [0.1, 0.15) is 18.5 Å². The average Bonchev–Trinajstić information content (AvgIpc) is 3.31. The maximum Gasteiger partial charge on any atom is 0.240 e. The number of aryl methyl sites for hydroxylation is 1. The van der Waals surface area contributed by atoms with E-state index in [-0.39, 0.29) is 16.0 Å². The minimum Gasteiger partial charge on any atom is -0.356 e. The van der Waals surface area contributed by atoms with Gasteiger partial charge in [-0.15, -0.1) is 0 Å². The molecule has 29 heavy (non-hydrogen) atoms. The molecule has 1 atom stereocenters. The lowest BCUT2D eigenvalue weighted by atomic mass is 10.1. The highest BCUT2D eigenvalue weighted by Gasteiger charge is 2.27. The maximum absolute atomic E-state index is 13.3. The summed E-state index contributed by atoms with van der Waals surface area (Å²) < 4.78 is 46.4. The van der Waals surface area contributed by atoms with Crippen molar-refractivity contribution in [2.45, 2.75) is 30.2 Å². The van der Waals surface area contributed by atoms with Crippen molar-refractivity contribution in [3.05, 3.63) is 59.0 Å². The van der Waals surface area contributed by atoms with Gasteiger partial charge in [0.05, 0.1) is 15.6 Å². The van der Waals surface area contributed by atoms with Gasteiger partial charge in [-0.3, -0.25) is 0 Å². The second-order valence-corrected chi connectivity index (χ2v) is 9.33. The molecule has 0 unspecified atom stereocenters. The topological polar surface area (TPSA) is 75.4 Å². The number of para-hydroxylation sites is 1. The lowest BCUT2D eigenvalue weighted by Crippen LogP contribution is -2.37. The third-order valence-electron chi connectivity index (χ3n) is 5.14. The van der Waals surface area contributed by atoms with Gasteiger partial charge in [0.1, 0.15) is 5.82 Å². The van der Waals surface area contributed by atoms with Gasteiger partial charge in [-0.25, -0.2) is 17.5 Å². The van der Waals surface area contributed by atoms with Gasteiger partial charge in [0.25, 0.3) is 0 Å². The molecule has 1 N–H and O–H groups in total. The third-order valence-corrected chi connectivity index (χ3v) is 6.94. The molecule has 1 saturated heterocycles. The molecule has 3 aromatic rings. The summed E-state index contributed by atoms with van der Waals surface area (Å²) in [5.41, 5.74) is 1.74. The van der Waals surface area contributed by atoms with Gasteiger partial charge in [-0.05, 0) is 62.7 Å². The van der Waals surface area contributed by atoms with E-state index >= 15 is 0 Å². The fraction of sp³-hybridized carbons (Fsp3) is 0.350. The van der Waals surface area contributed by atoms with Crippen LogP contribution < -0.4 is 4.72 Å². The number of halogens is 2. The van der Waals surface area contributed by atoms with Crippen LogP contribution in [-0.4, -0.2) is 44.2 Å². The van der Waals surface area contributed by atoms with Crippen molar-refractivity contribution in [1.29, 1.82) is 0 Å². The quantitative estimate of drug-likeness (QED) is 0.611. The van der Waals surface area contributed by atoms with E-state index in [2.05, 4.69) is 14.8 Å². The first-order valence-electron chi connectivity index (χ1n) is 9.45. The summed E-state index contributed by atoms with van der Waals surface area (Å²) in [6.07, 6.45) is 2.43. The van der Waals surface area contributed by atoms with E-state index in [0.717, 1.165) is 61.1 Å². The van der Waals surface area contributed by atoms with Crippen molar-refractivity contribution >= 4 is 32.6 Å². The number of nitrogens with zero attached hydrogens (tertiary/aromatic N) is 2. The SMILES string of the molecule is O=S(=O)(N[C@H]1CCN(CCCc2noc3ccccc23)C1)c1ccc(F)c(Cl)c1. The number of rotatable bonds is 7. The van der Waals surface area contributed by atoms with Crippen LogP contribution in [0.25, 0.3) is 11.0 Å². The lowest BCUT2D eigenvalue weighted by molar-refractivity contribution is 0.326. The number of fused-ring (bicyclic) bond motifs is 1. The molecule has 6 nitrogen and oxygen atoms in total. The first kappa shape index (κ1) is 20.3. The molecule has 0 amide bonds. The van der Waals surface area contributed by atoms with Crippen molar-refractivity contribution in [2.24, 2.45) is 0 Å². The van der Waals surface area contributed by atoms with Crippen molar-refractivity contribution in [3.8, 4) is 0 Å². The summed E-state index contributed by atoms with van der Waals surface area (Å²) in [5, 5.41) is 4.98. The minimum absolute atomic E-state index is 0.0275. The molecule has 154 valence electrons. The Morgan fingerprint density at radius 3 is 2.93 bits per heavy atom. The minimum atomic E-state index is -3.74. The fourth-order valence-electron chi connectivity index (χ4n) is 3.65. The summed E-state index contributed by atoms with van der Waals surface area (Å²) >= 11 is 5.71. The molecule has 1 aliphatic rings. The van der Waals surface area contributed by atoms with Crippen molar-refractivity contribution in [2.75, 3.05) is 19.6 Å². The van der Waals surface area contributed by atoms with Gasteiger partial charge in [0, 0.05) is 18.0 Å². The van der Waals surface area contributed by atoms with Crippen LogP contribution >= 0.6 is 11.6 Å². The summed E-state index contributed by atoms with van der Waals surface area (Å²) in [6.45, 7) is 2.30. The zero-order chi connectivity index (χ0) is 20.4. The summed E-state index contributed by atoms with van der Waals surface area (Å²) in [4.78, 5) is 2.20. The van der Waals surface area contributed by atoms with Gasteiger partial charge in [0.2, 0.25) is 10.0 Å². The van der Waals surface area contributed by atoms with Gasteiger partial charge in [0.15, 0.2) is 5.58 Å². The van der Waals surface area contributed by atoms with Crippen LogP contribution in [0.5, 0.6) is 0 Å². The molecule has 2 heterocycles. The van der Waals surface area contributed by atoms with E-state index < -0.39 is 15.8 Å². The predicted molar refractivity (Wildman–Crippen MR) is 109 cm³/mol. The fourth-order valence-corrected chi connectivity index (χ4v) is 5.18. The smallest absolute Gasteiger partial charge is 0.240 e. The van der Waals surface area contributed by atoms with Crippen molar-refractivity contribution in [1.82, 2.24) is 14.8 Å². The van der Waals surface area contributed by atoms with E-state index in [9.17, 15) is 12.8 Å². The van der Waals surface area contributed by atoms with Crippen LogP contribution in [0.2, 0.25) is 5.02 Å². The second kappa shape index (κ2) is 8.39. The molecule has 1 aliphatic heterocycles. The van der Waals surface area contributed by atoms with Crippen LogP contribution in [0, 0.1) is 5.82 Å². The van der Waals surface area contributed by atoms with Gasteiger partial charge in [-0.1, -0.05) is 28.9 Å². The number of hydrogen-bond acceptors (Lipinski definition) is 5. The van der Waals surface area contributed by atoms with Crippen LogP contribution in [-0.2, 0) is 16.4 Å². The van der Waals surface area contributed by atoms with E-state index in [4.69, 9.17) is 16.1 Å². The van der Waals surface area contributed by atoms with Gasteiger partial charge >= 0.3 is 0 Å². The van der Waals surface area contributed by atoms with E-state index in [1.165, 1.54) is 6.07 Å². The van der Waals surface area contributed by atoms with E-state index in [0.29, 0.717) is 6.54 Å². The first-order valence-corrected chi connectivity index (χ1v) is 11.3. The van der Waals surface area contributed by atoms with Gasteiger partial charge < -0.3 is 9.42 Å². The Balaban J connectivity index is 1.29. The maximum atomic E-state index is 13.3. The molecule has 0 saturated carbocycles. The van der Waals surface area contributed by atoms with E-state index in [1.807, 2.05) is 24.3 Å². The molecule has 4 rings (SSSR count). The Labute approximate surface area is 173 Å². The lowest BCUT2D eigenvalue weighted by Gasteiger charge is -2.16. The molecular formula is C20H21ClFN3O3S. The van der Waals surface area contributed by atoms with Crippen molar-refractivity contribution in [3.63, 3.8) is 0 Å². The number of sulfonamides is 1. The zero-order valence-electron chi connectivity index (χ0n) is 15.6. The van der Waals surface area contributed by atoms with Gasteiger partial charge in [-0.2, -0.15) is 0 Å². The molecule has 2 aromatic carbocycles. The summed E-state index contributed by atoms with van der Waals surface area (Å²) in [6, 6.07) is 11.0. The molecule has 0 radical (unpaired) electrons. The number of hydrogen-bond donors (Lipinski definition) is 1. The monoisotopic (exact) mass is 437 g/mol. The van der Waals surface area contributed by atoms with Crippen LogP contribution in [0.3, 0.4) is 0 Å². The normalized spacial score (nSPS) is 17.9. The van der Waals surface area contributed by atoms with Crippen LogP contribution in [0.4, 0.5) is 4.39 Å². The first-order chi connectivity index (χ1) is 13.9. The molecule has 0 bridgehead atoms. The Hall–Kier alpha value is -2.00. The zero-order valence-corrected chi connectivity index (χ0v) is 17.2. The number of aromatic nitrogens is 1. The molecule has 1 aromatic heterocycles. The van der Waals surface area contributed by atoms with E-state index in [1.54, 1.807) is 0 Å². The number of nitrogens with one attached hydrogen (secondary N) is 1. The Morgan fingerprint density at radius 1 is 1.28 bits per heavy atom. The number of benzene rings is 2. The summed E-state index contributed by atoms with van der Waals surface area (Å²) in [5.74, 6) is -0.641. The highest BCUT2D eigenvalue weighted by molar-refractivity contribution is 7.89. The highest BCUT2D eigenvalue weighted by Crippen LogP contribution is 2.22. The highest BCUT2D eigenvalue weighted by atomic mass is 35.5. The predicted octanol–water partition coefficient (Wildman–Crippen LogP) is 3.61. The third kappa shape index (κ3) is 4.61. The molecule has 9 heteroatoms. The molecular weight excluding hydrogens is 417 g/mol. The molecule has 0 spiro atoms. The Bertz CT molecular complexity index is 1120. The van der Waals surface area contributed by atoms with Crippen molar-refractivity contribution < 1.29 is 17.3 Å². The Morgan fingerprint density at radius 2 is 2.10 bits per heavy atom.